The van der Waals surface area contributed by atoms with Crippen LogP contribution in [0.15, 0.2) is 0 Å². The van der Waals surface area contributed by atoms with Crippen molar-refractivity contribution in [1.29, 1.82) is 5.26 Å². The summed E-state index contributed by atoms with van der Waals surface area (Å²) in [5.74, 6) is 1.06. The number of nitriles is 1. The zero-order valence-electron chi connectivity index (χ0n) is 12.8. The first-order valence-electron chi connectivity index (χ1n) is 7.35. The number of anilines is 2. The molecule has 1 fully saturated rings. The van der Waals surface area contributed by atoms with E-state index in [4.69, 9.17) is 5.73 Å². The van der Waals surface area contributed by atoms with Gasteiger partial charge in [0.15, 0.2) is 0 Å². The molecule has 6 heteroatoms. The summed E-state index contributed by atoms with van der Waals surface area (Å²) in [6.45, 7) is 8.72. The van der Waals surface area contributed by atoms with Crippen LogP contribution >= 0.6 is 11.3 Å². The molecule has 0 radical (unpaired) electrons. The molecule has 0 bridgehead atoms. The highest BCUT2D eigenvalue weighted by Crippen LogP contribution is 2.40. The number of nitrogen functional groups attached to an aromatic ring is 1. The van der Waals surface area contributed by atoms with Gasteiger partial charge in [0.05, 0.1) is 5.69 Å². The van der Waals surface area contributed by atoms with Crippen LogP contribution in [0.1, 0.15) is 42.4 Å². The highest BCUT2D eigenvalue weighted by Gasteiger charge is 2.29. The third-order valence-electron chi connectivity index (χ3n) is 4.20. The molecule has 1 saturated heterocycles. The van der Waals surface area contributed by atoms with Crippen molar-refractivity contribution < 1.29 is 4.79 Å². The molecule has 3 N–H and O–H groups in total. The Hall–Kier alpha value is -1.74. The summed E-state index contributed by atoms with van der Waals surface area (Å²) in [7, 11) is 0. The molecule has 1 aliphatic rings. The summed E-state index contributed by atoms with van der Waals surface area (Å²) in [5, 5.41) is 13.0. The Morgan fingerprint density at radius 2 is 2.24 bits per heavy atom. The van der Waals surface area contributed by atoms with Gasteiger partial charge in [0.2, 0.25) is 0 Å². The zero-order valence-corrected chi connectivity index (χ0v) is 13.6. The Kier molecular flexibility index (Phi) is 4.73. The minimum Gasteiger partial charge on any atom is -0.396 e. The first-order chi connectivity index (χ1) is 9.99. The van der Waals surface area contributed by atoms with Crippen molar-refractivity contribution in [3.05, 3.63) is 10.4 Å². The molecule has 2 heterocycles. The number of nitrogens with zero attached hydrogens (tertiary/aromatic N) is 2. The van der Waals surface area contributed by atoms with E-state index in [1.807, 2.05) is 6.92 Å². The molecule has 1 aromatic rings. The average Bonchev–Trinajstić information content (AvgIpc) is 2.79. The number of amides is 1. The second-order valence-corrected chi connectivity index (χ2v) is 6.68. The second kappa shape index (κ2) is 6.35. The summed E-state index contributed by atoms with van der Waals surface area (Å²) in [6, 6.07) is 2.17. The Bertz CT molecular complexity index is 575. The lowest BCUT2D eigenvalue weighted by Gasteiger charge is -2.36. The first kappa shape index (κ1) is 15.6. The Morgan fingerprint density at radius 3 is 2.81 bits per heavy atom. The summed E-state index contributed by atoms with van der Waals surface area (Å²) < 4.78 is 0. The van der Waals surface area contributed by atoms with Gasteiger partial charge in [0.25, 0.3) is 5.91 Å². The Balaban J connectivity index is 2.34. The number of nitrogens with one attached hydrogen (secondary N) is 1. The van der Waals surface area contributed by atoms with E-state index in [1.165, 1.54) is 11.3 Å². The third-order valence-corrected chi connectivity index (χ3v) is 5.47. The van der Waals surface area contributed by atoms with E-state index >= 15 is 0 Å². The van der Waals surface area contributed by atoms with Crippen LogP contribution in [0.4, 0.5) is 10.7 Å². The van der Waals surface area contributed by atoms with E-state index in [2.05, 4.69) is 30.1 Å². The van der Waals surface area contributed by atoms with Gasteiger partial charge in [-0.2, -0.15) is 5.26 Å². The zero-order chi connectivity index (χ0) is 15.6. The minimum atomic E-state index is -0.193. The number of piperidine rings is 1. The van der Waals surface area contributed by atoms with Crippen LogP contribution in [0.3, 0.4) is 0 Å². The molecule has 0 aliphatic carbocycles. The van der Waals surface area contributed by atoms with Gasteiger partial charge in [0.1, 0.15) is 21.5 Å². The van der Waals surface area contributed by atoms with Crippen LogP contribution in [0.2, 0.25) is 0 Å². The van der Waals surface area contributed by atoms with Gasteiger partial charge < -0.3 is 16.0 Å². The van der Waals surface area contributed by atoms with Gasteiger partial charge in [-0.15, -0.1) is 11.3 Å². The molecular weight excluding hydrogens is 284 g/mol. The molecule has 2 unspecified atom stereocenters. The Labute approximate surface area is 129 Å². The largest absolute Gasteiger partial charge is 0.396 e. The molecule has 21 heavy (non-hydrogen) atoms. The summed E-state index contributed by atoms with van der Waals surface area (Å²) in [4.78, 5) is 14.7. The molecule has 1 amide bonds. The standard InChI is InChI=1S/C15H22N4OS/c1-4-18-14(20)13-12(17)11(7-16)15(21-13)19-6-5-9(2)10(3)8-19/h9-10H,4-6,8,17H2,1-3H3,(H,18,20). The summed E-state index contributed by atoms with van der Waals surface area (Å²) in [6.07, 6.45) is 1.10. The lowest BCUT2D eigenvalue weighted by Crippen LogP contribution is -2.38. The van der Waals surface area contributed by atoms with E-state index in [1.54, 1.807) is 0 Å². The molecule has 2 atom stereocenters. The number of thiophene rings is 1. The predicted octanol–water partition coefficient (Wildman–Crippen LogP) is 2.43. The van der Waals surface area contributed by atoms with Crippen molar-refractivity contribution in [2.75, 3.05) is 30.3 Å². The van der Waals surface area contributed by atoms with Crippen LogP contribution in [-0.4, -0.2) is 25.5 Å². The number of carbonyl (C=O) groups excluding carboxylic acids is 1. The highest BCUT2D eigenvalue weighted by atomic mass is 32.1. The van der Waals surface area contributed by atoms with Gasteiger partial charge in [-0.05, 0) is 25.2 Å². The van der Waals surface area contributed by atoms with Crippen LogP contribution in [0.25, 0.3) is 0 Å². The minimum absolute atomic E-state index is 0.193. The van der Waals surface area contributed by atoms with E-state index in [0.29, 0.717) is 34.5 Å². The van der Waals surface area contributed by atoms with Gasteiger partial charge in [0, 0.05) is 19.6 Å². The monoisotopic (exact) mass is 306 g/mol. The molecule has 1 aliphatic heterocycles. The van der Waals surface area contributed by atoms with E-state index in [9.17, 15) is 10.1 Å². The van der Waals surface area contributed by atoms with Crippen LogP contribution < -0.4 is 16.0 Å². The highest BCUT2D eigenvalue weighted by molar-refractivity contribution is 7.19. The predicted molar refractivity (Wildman–Crippen MR) is 86.6 cm³/mol. The molecule has 5 nitrogen and oxygen atoms in total. The number of rotatable bonds is 3. The lowest BCUT2D eigenvalue weighted by atomic mass is 9.89. The van der Waals surface area contributed by atoms with Crippen molar-refractivity contribution in [1.82, 2.24) is 5.32 Å². The third kappa shape index (κ3) is 2.98. The molecule has 0 spiro atoms. The number of nitrogens with two attached hydrogens (primary N) is 1. The number of hydrogen-bond acceptors (Lipinski definition) is 5. The Morgan fingerprint density at radius 1 is 1.52 bits per heavy atom. The fraction of sp³-hybridized carbons (Fsp3) is 0.600. The van der Waals surface area contributed by atoms with Crippen LogP contribution in [-0.2, 0) is 0 Å². The van der Waals surface area contributed by atoms with Gasteiger partial charge in [-0.3, -0.25) is 4.79 Å². The van der Waals surface area contributed by atoms with Gasteiger partial charge in [-0.25, -0.2) is 0 Å². The van der Waals surface area contributed by atoms with Crippen molar-refractivity contribution in [3.63, 3.8) is 0 Å². The summed E-state index contributed by atoms with van der Waals surface area (Å²) >= 11 is 1.33. The quantitative estimate of drug-likeness (QED) is 0.898. The maximum absolute atomic E-state index is 12.0. The van der Waals surface area contributed by atoms with Crippen LogP contribution in [0, 0.1) is 23.2 Å². The molecular formula is C15H22N4OS. The topological polar surface area (TPSA) is 82.2 Å². The van der Waals surface area contributed by atoms with Crippen molar-refractivity contribution >= 4 is 27.9 Å². The summed E-state index contributed by atoms with van der Waals surface area (Å²) in [5.41, 5.74) is 6.78. The molecule has 0 saturated carbocycles. The van der Waals surface area contributed by atoms with Gasteiger partial charge in [-0.1, -0.05) is 13.8 Å². The second-order valence-electron chi connectivity index (χ2n) is 5.69. The molecule has 1 aromatic heterocycles. The van der Waals surface area contributed by atoms with E-state index in [0.717, 1.165) is 24.5 Å². The normalized spacial score (nSPS) is 21.9. The van der Waals surface area contributed by atoms with Crippen molar-refractivity contribution in [3.8, 4) is 6.07 Å². The number of carbonyl (C=O) groups is 1. The van der Waals surface area contributed by atoms with E-state index in [-0.39, 0.29) is 5.91 Å². The smallest absolute Gasteiger partial charge is 0.263 e. The lowest BCUT2D eigenvalue weighted by molar-refractivity contribution is 0.0960. The fourth-order valence-electron chi connectivity index (χ4n) is 2.62. The first-order valence-corrected chi connectivity index (χ1v) is 8.16. The SMILES string of the molecule is CCNC(=O)c1sc(N2CCC(C)C(C)C2)c(C#N)c1N. The maximum atomic E-state index is 12.0. The number of hydrogen-bond donors (Lipinski definition) is 2. The molecule has 114 valence electrons. The average molecular weight is 306 g/mol. The van der Waals surface area contributed by atoms with Crippen molar-refractivity contribution in [2.45, 2.75) is 27.2 Å². The molecule has 2 rings (SSSR count). The van der Waals surface area contributed by atoms with Crippen molar-refractivity contribution in [2.24, 2.45) is 11.8 Å². The molecule has 0 aromatic carbocycles. The van der Waals surface area contributed by atoms with Gasteiger partial charge >= 0.3 is 0 Å². The maximum Gasteiger partial charge on any atom is 0.263 e. The van der Waals surface area contributed by atoms with Crippen LogP contribution in [0.5, 0.6) is 0 Å². The van der Waals surface area contributed by atoms with E-state index < -0.39 is 0 Å². The fourth-order valence-corrected chi connectivity index (χ4v) is 3.74.